The van der Waals surface area contributed by atoms with Crippen LogP contribution in [-0.2, 0) is 20.9 Å². The van der Waals surface area contributed by atoms with Gasteiger partial charge in [-0.05, 0) is 55.2 Å². The van der Waals surface area contributed by atoms with E-state index in [-0.39, 0.29) is 42.6 Å². The predicted octanol–water partition coefficient (Wildman–Crippen LogP) is 2.79. The molecule has 1 heterocycles. The number of anilines is 2. The third-order valence-corrected chi connectivity index (χ3v) is 6.24. The van der Waals surface area contributed by atoms with Crippen LogP contribution < -0.4 is 15.5 Å². The molecule has 8 nitrogen and oxygen atoms in total. The van der Waals surface area contributed by atoms with Crippen molar-refractivity contribution in [2.75, 3.05) is 50.1 Å². The summed E-state index contributed by atoms with van der Waals surface area (Å²) in [6.45, 7) is 2.79. The van der Waals surface area contributed by atoms with Gasteiger partial charge >= 0.3 is 0 Å². The zero-order valence-electron chi connectivity index (χ0n) is 19.9. The molecular formula is C26H31FN4O4. The molecule has 1 saturated heterocycles. The van der Waals surface area contributed by atoms with Crippen LogP contribution in [0.25, 0.3) is 0 Å². The molecule has 0 aromatic heterocycles. The monoisotopic (exact) mass is 482 g/mol. The van der Waals surface area contributed by atoms with Crippen molar-refractivity contribution in [1.29, 1.82) is 0 Å². The number of benzene rings is 2. The molecule has 0 radical (unpaired) electrons. The second kappa shape index (κ2) is 11.3. The number of rotatable bonds is 8. The van der Waals surface area contributed by atoms with Crippen LogP contribution in [0.5, 0.6) is 0 Å². The Kier molecular flexibility index (Phi) is 7.97. The summed E-state index contributed by atoms with van der Waals surface area (Å²) in [6, 6.07) is 11.2. The molecule has 2 N–H and O–H groups in total. The number of nitrogens with one attached hydrogen (secondary N) is 2. The average Bonchev–Trinajstić information content (AvgIpc) is 3.71. The summed E-state index contributed by atoms with van der Waals surface area (Å²) in [6.07, 6.45) is 2.77. The van der Waals surface area contributed by atoms with Crippen molar-refractivity contribution in [3.05, 3.63) is 59.4 Å². The Morgan fingerprint density at radius 3 is 2.51 bits per heavy atom. The van der Waals surface area contributed by atoms with E-state index < -0.39 is 0 Å². The number of hydrogen-bond acceptors (Lipinski definition) is 5. The molecule has 2 aromatic rings. The normalized spacial score (nSPS) is 15.9. The van der Waals surface area contributed by atoms with Gasteiger partial charge in [0, 0.05) is 57.1 Å². The minimum atomic E-state index is -0.336. The van der Waals surface area contributed by atoms with E-state index in [2.05, 4.69) is 15.5 Å². The van der Waals surface area contributed by atoms with Crippen molar-refractivity contribution < 1.29 is 23.5 Å². The Hall–Kier alpha value is -3.46. The van der Waals surface area contributed by atoms with E-state index in [1.54, 1.807) is 24.3 Å². The van der Waals surface area contributed by atoms with Crippen LogP contribution in [0, 0.1) is 11.7 Å². The van der Waals surface area contributed by atoms with Crippen molar-refractivity contribution in [2.24, 2.45) is 5.92 Å². The highest BCUT2D eigenvalue weighted by atomic mass is 19.1. The number of ether oxygens (including phenoxy) is 1. The predicted molar refractivity (Wildman–Crippen MR) is 131 cm³/mol. The fraction of sp³-hybridized carbons (Fsp3) is 0.423. The quantitative estimate of drug-likeness (QED) is 0.604. The summed E-state index contributed by atoms with van der Waals surface area (Å²) in [4.78, 5) is 41.9. The molecule has 2 aliphatic rings. The van der Waals surface area contributed by atoms with Gasteiger partial charge in [0.05, 0.1) is 5.56 Å². The number of halogens is 1. The van der Waals surface area contributed by atoms with Gasteiger partial charge in [0.2, 0.25) is 11.8 Å². The molecule has 1 aliphatic heterocycles. The van der Waals surface area contributed by atoms with Gasteiger partial charge in [-0.3, -0.25) is 14.4 Å². The minimum Gasteiger partial charge on any atom is -0.375 e. The van der Waals surface area contributed by atoms with E-state index >= 15 is 0 Å². The first kappa shape index (κ1) is 24.7. The van der Waals surface area contributed by atoms with E-state index in [0.29, 0.717) is 37.4 Å². The zero-order chi connectivity index (χ0) is 24.8. The molecule has 1 aliphatic carbocycles. The Bertz CT molecular complexity index is 1070. The van der Waals surface area contributed by atoms with Crippen LogP contribution in [0.3, 0.4) is 0 Å². The summed E-state index contributed by atoms with van der Waals surface area (Å²) in [7, 11) is 1.44. The summed E-state index contributed by atoms with van der Waals surface area (Å²) in [5.41, 5.74) is 2.43. The summed E-state index contributed by atoms with van der Waals surface area (Å²) >= 11 is 0. The SMILES string of the molecule is COCC(=O)Nc1ccc(N2CCCN(C(=O)C3CC3)CC2)c(C(=O)NCc2ccc(F)cc2)c1. The standard InChI is InChI=1S/C26H31FN4O4/c1-35-17-24(32)29-21-9-10-23(30-11-2-12-31(14-13-30)26(34)19-5-6-19)22(15-21)25(33)28-16-18-3-7-20(27)8-4-18/h3-4,7-10,15,19H,2,5-6,11-14,16-17H2,1H3,(H,28,33)(H,29,32). The molecule has 2 fully saturated rings. The first-order valence-electron chi connectivity index (χ1n) is 11.9. The van der Waals surface area contributed by atoms with Crippen molar-refractivity contribution in [1.82, 2.24) is 10.2 Å². The molecular weight excluding hydrogens is 451 g/mol. The lowest BCUT2D eigenvalue weighted by Crippen LogP contribution is -2.36. The largest absolute Gasteiger partial charge is 0.375 e. The Morgan fingerprint density at radius 1 is 1.03 bits per heavy atom. The number of carbonyl (C=O) groups is 3. The molecule has 3 amide bonds. The highest BCUT2D eigenvalue weighted by Crippen LogP contribution is 2.32. The molecule has 0 spiro atoms. The molecule has 186 valence electrons. The number of methoxy groups -OCH3 is 1. The fourth-order valence-electron chi connectivity index (χ4n) is 4.25. The second-order valence-electron chi connectivity index (χ2n) is 8.96. The second-order valence-corrected chi connectivity index (χ2v) is 8.96. The molecule has 9 heteroatoms. The average molecular weight is 483 g/mol. The van der Waals surface area contributed by atoms with Gasteiger partial charge < -0.3 is 25.2 Å². The van der Waals surface area contributed by atoms with Crippen LogP contribution in [0.4, 0.5) is 15.8 Å². The van der Waals surface area contributed by atoms with Gasteiger partial charge in [0.25, 0.3) is 5.91 Å². The summed E-state index contributed by atoms with van der Waals surface area (Å²) in [5, 5.41) is 5.64. The number of amides is 3. The molecule has 0 unspecified atom stereocenters. The van der Waals surface area contributed by atoms with E-state index in [1.807, 2.05) is 11.0 Å². The van der Waals surface area contributed by atoms with Crippen molar-refractivity contribution in [2.45, 2.75) is 25.8 Å². The molecule has 0 atom stereocenters. The van der Waals surface area contributed by atoms with Crippen LogP contribution in [0.1, 0.15) is 35.2 Å². The van der Waals surface area contributed by atoms with E-state index in [4.69, 9.17) is 4.74 Å². The maximum atomic E-state index is 13.3. The number of carbonyl (C=O) groups excluding carboxylic acids is 3. The number of nitrogens with zero attached hydrogens (tertiary/aromatic N) is 2. The highest BCUT2D eigenvalue weighted by Gasteiger charge is 2.34. The maximum absolute atomic E-state index is 13.3. The fourth-order valence-corrected chi connectivity index (χ4v) is 4.25. The zero-order valence-corrected chi connectivity index (χ0v) is 19.9. The number of hydrogen-bond donors (Lipinski definition) is 2. The van der Waals surface area contributed by atoms with Crippen LogP contribution >= 0.6 is 0 Å². The van der Waals surface area contributed by atoms with Gasteiger partial charge in [-0.1, -0.05) is 12.1 Å². The molecule has 4 rings (SSSR count). The van der Waals surface area contributed by atoms with Gasteiger partial charge in [0.1, 0.15) is 12.4 Å². The van der Waals surface area contributed by atoms with E-state index in [0.717, 1.165) is 30.5 Å². The molecule has 2 aromatic carbocycles. The van der Waals surface area contributed by atoms with E-state index in [9.17, 15) is 18.8 Å². The topological polar surface area (TPSA) is 91.0 Å². The minimum absolute atomic E-state index is 0.0924. The Labute approximate surface area is 204 Å². The van der Waals surface area contributed by atoms with Crippen LogP contribution in [-0.4, -0.2) is 62.5 Å². The lowest BCUT2D eigenvalue weighted by Gasteiger charge is -2.26. The summed E-state index contributed by atoms with van der Waals surface area (Å²) < 4.78 is 18.1. The van der Waals surface area contributed by atoms with Crippen LogP contribution in [0.2, 0.25) is 0 Å². The molecule has 1 saturated carbocycles. The Balaban J connectivity index is 1.52. The lowest BCUT2D eigenvalue weighted by atomic mass is 10.1. The summed E-state index contributed by atoms with van der Waals surface area (Å²) in [5.74, 6) is -0.536. The molecule has 35 heavy (non-hydrogen) atoms. The first-order valence-corrected chi connectivity index (χ1v) is 11.9. The van der Waals surface area contributed by atoms with Crippen molar-refractivity contribution in [3.8, 4) is 0 Å². The first-order chi connectivity index (χ1) is 16.9. The third kappa shape index (κ3) is 6.57. The smallest absolute Gasteiger partial charge is 0.253 e. The van der Waals surface area contributed by atoms with Crippen LogP contribution in [0.15, 0.2) is 42.5 Å². The van der Waals surface area contributed by atoms with Gasteiger partial charge in [-0.25, -0.2) is 4.39 Å². The molecule has 0 bridgehead atoms. The lowest BCUT2D eigenvalue weighted by molar-refractivity contribution is -0.132. The highest BCUT2D eigenvalue weighted by molar-refractivity contribution is 6.02. The van der Waals surface area contributed by atoms with Crippen molar-refractivity contribution in [3.63, 3.8) is 0 Å². The van der Waals surface area contributed by atoms with Gasteiger partial charge in [-0.2, -0.15) is 0 Å². The Morgan fingerprint density at radius 2 is 1.80 bits per heavy atom. The van der Waals surface area contributed by atoms with E-state index in [1.165, 1.54) is 19.2 Å². The van der Waals surface area contributed by atoms with Crippen molar-refractivity contribution >= 4 is 29.1 Å². The van der Waals surface area contributed by atoms with Gasteiger partial charge in [-0.15, -0.1) is 0 Å². The third-order valence-electron chi connectivity index (χ3n) is 6.24. The van der Waals surface area contributed by atoms with Gasteiger partial charge in [0.15, 0.2) is 0 Å². The maximum Gasteiger partial charge on any atom is 0.253 e.